The Kier molecular flexibility index (Phi) is 2.62. The Morgan fingerprint density at radius 1 is 1.24 bits per heavy atom. The van der Waals surface area contributed by atoms with E-state index in [0.717, 1.165) is 17.8 Å². The van der Waals surface area contributed by atoms with Gasteiger partial charge in [-0.1, -0.05) is 32.0 Å². The maximum absolute atomic E-state index is 9.28. The zero-order valence-corrected chi connectivity index (χ0v) is 12.8. The van der Waals surface area contributed by atoms with Crippen molar-refractivity contribution < 1.29 is 9.31 Å². The highest BCUT2D eigenvalue weighted by Crippen LogP contribution is 2.65. The summed E-state index contributed by atoms with van der Waals surface area (Å²) in [4.78, 5) is 0. The summed E-state index contributed by atoms with van der Waals surface area (Å²) in [6.45, 7) is 6.91. The summed E-state index contributed by atoms with van der Waals surface area (Å²) >= 11 is 0. The van der Waals surface area contributed by atoms with Crippen molar-refractivity contribution in [2.45, 2.75) is 45.3 Å². The molecule has 21 heavy (non-hydrogen) atoms. The molecule has 4 heteroatoms. The summed E-state index contributed by atoms with van der Waals surface area (Å²) in [6.07, 6.45) is 2.48. The Bertz CT molecular complexity index is 638. The van der Waals surface area contributed by atoms with Crippen LogP contribution in [0.2, 0.25) is 0 Å². The van der Waals surface area contributed by atoms with Gasteiger partial charge in [0.2, 0.25) is 0 Å². The summed E-state index contributed by atoms with van der Waals surface area (Å²) < 4.78 is 12.6. The monoisotopic (exact) mass is 281 g/mol. The number of nitrogens with zero attached hydrogens (tertiary/aromatic N) is 1. The van der Waals surface area contributed by atoms with E-state index < -0.39 is 7.12 Å². The van der Waals surface area contributed by atoms with E-state index in [0.29, 0.717) is 16.9 Å². The lowest BCUT2D eigenvalue weighted by atomic mass is 9.43. The van der Waals surface area contributed by atoms with Crippen molar-refractivity contribution in [3.05, 3.63) is 29.8 Å². The molecule has 108 valence electrons. The fraction of sp³-hybridized carbons (Fsp3) is 0.588. The van der Waals surface area contributed by atoms with Crippen molar-refractivity contribution in [2.24, 2.45) is 17.3 Å². The van der Waals surface area contributed by atoms with Gasteiger partial charge in [-0.3, -0.25) is 0 Å². The summed E-state index contributed by atoms with van der Waals surface area (Å²) in [5.74, 6) is 1.29. The maximum Gasteiger partial charge on any atom is 0.496 e. The molecule has 0 N–H and O–H groups in total. The van der Waals surface area contributed by atoms with Crippen molar-refractivity contribution >= 4 is 12.6 Å². The first-order valence-electron chi connectivity index (χ1n) is 7.79. The van der Waals surface area contributed by atoms with Crippen molar-refractivity contribution in [2.75, 3.05) is 0 Å². The fourth-order valence-corrected chi connectivity index (χ4v) is 4.80. The van der Waals surface area contributed by atoms with E-state index in [2.05, 4.69) is 26.8 Å². The molecule has 2 bridgehead atoms. The Morgan fingerprint density at radius 3 is 2.71 bits per heavy atom. The first-order valence-corrected chi connectivity index (χ1v) is 7.79. The summed E-state index contributed by atoms with van der Waals surface area (Å²) in [5.41, 5.74) is 1.64. The molecule has 1 saturated heterocycles. The molecule has 3 aliphatic carbocycles. The van der Waals surface area contributed by atoms with Gasteiger partial charge in [-0.25, -0.2) is 0 Å². The Morgan fingerprint density at radius 2 is 2.00 bits per heavy atom. The van der Waals surface area contributed by atoms with Gasteiger partial charge in [-0.2, -0.15) is 5.26 Å². The molecule has 0 amide bonds. The molecule has 4 aliphatic rings. The zero-order valence-electron chi connectivity index (χ0n) is 12.8. The fourth-order valence-electron chi connectivity index (χ4n) is 4.80. The molecular weight excluding hydrogens is 261 g/mol. The van der Waals surface area contributed by atoms with Gasteiger partial charge < -0.3 is 9.31 Å². The molecule has 0 spiro atoms. The van der Waals surface area contributed by atoms with Crippen molar-refractivity contribution in [3.8, 4) is 6.07 Å². The van der Waals surface area contributed by atoms with Crippen LogP contribution < -0.4 is 5.46 Å². The highest BCUT2D eigenvalue weighted by atomic mass is 16.7. The number of nitriles is 1. The third kappa shape index (κ3) is 1.62. The lowest BCUT2D eigenvalue weighted by molar-refractivity contribution is -0.199. The normalized spacial score (nSPS) is 39.3. The Hall–Kier alpha value is -1.31. The van der Waals surface area contributed by atoms with Gasteiger partial charge in [0.25, 0.3) is 0 Å². The first kappa shape index (κ1) is 13.4. The third-order valence-corrected chi connectivity index (χ3v) is 6.28. The van der Waals surface area contributed by atoms with Gasteiger partial charge in [0.05, 0.1) is 23.3 Å². The van der Waals surface area contributed by atoms with E-state index in [1.54, 1.807) is 0 Å². The van der Waals surface area contributed by atoms with Crippen LogP contribution in [0.4, 0.5) is 0 Å². The predicted molar refractivity (Wildman–Crippen MR) is 80.9 cm³/mol. The summed E-state index contributed by atoms with van der Waals surface area (Å²) in [5, 5.41) is 9.28. The molecule has 5 rings (SSSR count). The molecule has 3 nitrogen and oxygen atoms in total. The second-order valence-corrected chi connectivity index (χ2v) is 7.50. The van der Waals surface area contributed by atoms with Crippen molar-refractivity contribution in [3.63, 3.8) is 0 Å². The summed E-state index contributed by atoms with van der Waals surface area (Å²) in [6, 6.07) is 9.84. The maximum atomic E-state index is 9.28. The first-order chi connectivity index (χ1) is 9.96. The van der Waals surface area contributed by atoms with Gasteiger partial charge in [-0.15, -0.1) is 0 Å². The van der Waals surface area contributed by atoms with Gasteiger partial charge in [0.15, 0.2) is 0 Å². The van der Waals surface area contributed by atoms with Gasteiger partial charge >= 0.3 is 7.12 Å². The topological polar surface area (TPSA) is 42.2 Å². The van der Waals surface area contributed by atoms with Crippen LogP contribution in [0.25, 0.3) is 0 Å². The van der Waals surface area contributed by atoms with Gasteiger partial charge in [0.1, 0.15) is 0 Å². The predicted octanol–water partition coefficient (Wildman–Crippen LogP) is 2.49. The van der Waals surface area contributed by atoms with Gasteiger partial charge in [-0.05, 0) is 43.1 Å². The minimum atomic E-state index is -0.397. The standard InChI is InChI=1S/C17H20BNO2/c1-16(2)12-8-14(16)17(3)15(9-12)20-18(21-17)13-7-5-4-6-11(13)10-19/h4-7,12,14-15H,8-9H2,1-3H3. The average Bonchev–Trinajstić information content (AvgIpc) is 2.83. The van der Waals surface area contributed by atoms with Crippen LogP contribution >= 0.6 is 0 Å². The smallest absolute Gasteiger partial charge is 0.401 e. The van der Waals surface area contributed by atoms with Crippen LogP contribution in [0.15, 0.2) is 24.3 Å². The molecule has 1 aliphatic heterocycles. The second-order valence-electron chi connectivity index (χ2n) is 7.50. The highest BCUT2D eigenvalue weighted by molar-refractivity contribution is 6.62. The average molecular weight is 281 g/mol. The molecule has 4 unspecified atom stereocenters. The Labute approximate surface area is 126 Å². The van der Waals surface area contributed by atoms with E-state index >= 15 is 0 Å². The van der Waals surface area contributed by atoms with E-state index in [4.69, 9.17) is 9.31 Å². The Balaban J connectivity index is 1.67. The van der Waals surface area contributed by atoms with Crippen LogP contribution in [0.5, 0.6) is 0 Å². The molecule has 1 heterocycles. The number of rotatable bonds is 1. The van der Waals surface area contributed by atoms with Crippen LogP contribution in [0.1, 0.15) is 39.2 Å². The molecule has 3 saturated carbocycles. The number of benzene rings is 1. The van der Waals surface area contributed by atoms with Crippen molar-refractivity contribution in [1.29, 1.82) is 5.26 Å². The highest BCUT2D eigenvalue weighted by Gasteiger charge is 2.68. The molecule has 1 aromatic rings. The zero-order chi connectivity index (χ0) is 14.8. The lowest BCUT2D eigenvalue weighted by Gasteiger charge is -2.64. The quantitative estimate of drug-likeness (QED) is 0.743. The van der Waals surface area contributed by atoms with E-state index in [1.165, 1.54) is 6.42 Å². The molecule has 4 fully saturated rings. The second kappa shape index (κ2) is 4.12. The van der Waals surface area contributed by atoms with Crippen LogP contribution in [0, 0.1) is 28.6 Å². The number of hydrogen-bond acceptors (Lipinski definition) is 3. The third-order valence-electron chi connectivity index (χ3n) is 6.28. The van der Waals surface area contributed by atoms with Gasteiger partial charge in [0, 0.05) is 5.46 Å². The van der Waals surface area contributed by atoms with E-state index in [-0.39, 0.29) is 11.7 Å². The molecular formula is C17H20BNO2. The minimum absolute atomic E-state index is 0.158. The number of hydrogen-bond donors (Lipinski definition) is 0. The lowest BCUT2D eigenvalue weighted by Crippen LogP contribution is -2.65. The largest absolute Gasteiger partial charge is 0.496 e. The molecule has 0 aromatic heterocycles. The molecule has 4 atom stereocenters. The van der Waals surface area contributed by atoms with E-state index in [1.807, 2.05) is 24.3 Å². The molecule has 0 radical (unpaired) electrons. The van der Waals surface area contributed by atoms with Crippen molar-refractivity contribution in [1.82, 2.24) is 0 Å². The SMILES string of the molecule is CC1(C)C2CC3OB(c4ccccc4C#N)OC3(C)C1C2. The van der Waals surface area contributed by atoms with Crippen LogP contribution in [0.3, 0.4) is 0 Å². The molecule has 1 aromatic carbocycles. The minimum Gasteiger partial charge on any atom is -0.401 e. The summed E-state index contributed by atoms with van der Waals surface area (Å²) in [7, 11) is -0.397. The van der Waals surface area contributed by atoms with E-state index in [9.17, 15) is 5.26 Å². The van der Waals surface area contributed by atoms with Crippen LogP contribution in [-0.4, -0.2) is 18.8 Å². The van der Waals surface area contributed by atoms with Crippen LogP contribution in [-0.2, 0) is 9.31 Å².